The average Bonchev–Trinajstić information content (AvgIpc) is 3.89. The summed E-state index contributed by atoms with van der Waals surface area (Å²) < 4.78 is 0. The van der Waals surface area contributed by atoms with Crippen molar-refractivity contribution >= 4 is 55.0 Å². The topological polar surface area (TPSA) is 25.8 Å². The molecule has 0 aliphatic carbocycles. The Kier molecular flexibility index (Phi) is 12.3. The van der Waals surface area contributed by atoms with Gasteiger partial charge in [-0.15, -0.1) is 22.7 Å². The molecule has 240 valence electrons. The summed E-state index contributed by atoms with van der Waals surface area (Å²) in [5, 5.41) is 2.15. The van der Waals surface area contributed by atoms with Crippen molar-refractivity contribution in [2.24, 2.45) is 0 Å². The molecule has 0 amide bonds. The normalized spacial score (nSPS) is 11.6. The number of rotatable bonds is 18. The van der Waals surface area contributed by atoms with Crippen LogP contribution in [0.3, 0.4) is 0 Å². The summed E-state index contributed by atoms with van der Waals surface area (Å²) in [6, 6.07) is 27.3. The van der Waals surface area contributed by atoms with Crippen molar-refractivity contribution in [3.05, 3.63) is 83.9 Å². The van der Waals surface area contributed by atoms with Gasteiger partial charge in [0.05, 0.1) is 9.75 Å². The van der Waals surface area contributed by atoms with Crippen molar-refractivity contribution < 1.29 is 0 Å². The molecule has 0 saturated carbocycles. The van der Waals surface area contributed by atoms with Crippen molar-refractivity contribution in [3.8, 4) is 40.7 Å². The molecule has 0 radical (unpaired) electrons. The second kappa shape index (κ2) is 17.0. The number of aryl methyl sites for hydroxylation is 2. The van der Waals surface area contributed by atoms with Crippen LogP contribution in [-0.2, 0) is 12.8 Å². The van der Waals surface area contributed by atoms with E-state index in [1.807, 2.05) is 22.7 Å². The molecule has 6 rings (SSSR count). The number of nitrogens with zero attached hydrogens (tertiary/aromatic N) is 2. The zero-order chi connectivity index (χ0) is 31.6. The van der Waals surface area contributed by atoms with Gasteiger partial charge in [-0.1, -0.05) is 149 Å². The quantitative estimate of drug-likeness (QED) is 0.0843. The molecule has 0 aliphatic rings. The van der Waals surface area contributed by atoms with Crippen LogP contribution in [0.2, 0.25) is 0 Å². The number of thiazole rings is 2. The highest BCUT2D eigenvalue weighted by Gasteiger charge is 2.16. The maximum atomic E-state index is 5.02. The molecule has 4 aromatic heterocycles. The molecule has 0 bridgehead atoms. The van der Waals surface area contributed by atoms with Crippen molar-refractivity contribution in [2.75, 3.05) is 0 Å². The van der Waals surface area contributed by atoms with Gasteiger partial charge in [-0.25, -0.2) is 9.97 Å². The first kappa shape index (κ1) is 33.3. The van der Waals surface area contributed by atoms with Gasteiger partial charge < -0.3 is 0 Å². The third-order valence-electron chi connectivity index (χ3n) is 8.72. The fourth-order valence-corrected chi connectivity index (χ4v) is 10.1. The Bertz CT molecular complexity index is 1610. The van der Waals surface area contributed by atoms with Crippen LogP contribution in [0, 0.1) is 0 Å². The standard InChI is InChI=1S/C40H46N2S4/c1-3-5-7-9-11-13-15-29-17-21-31(22-18-29)33-25-27-35(43-33)37-41-39-40(45-37)42-38(46-39)36-28-26-34(44-36)32-23-19-30(20-24-32)16-14-12-10-8-6-4-2/h17-28H,3-16H2,1-2H3. The number of aromatic nitrogens is 2. The molecule has 46 heavy (non-hydrogen) atoms. The van der Waals surface area contributed by atoms with E-state index >= 15 is 0 Å². The molecule has 6 heteroatoms. The number of fused-ring (bicyclic) bond motifs is 1. The van der Waals surface area contributed by atoms with Gasteiger partial charge in [0.25, 0.3) is 0 Å². The second-order valence-electron chi connectivity index (χ2n) is 12.4. The van der Waals surface area contributed by atoms with E-state index in [0.717, 1.165) is 19.7 Å². The summed E-state index contributed by atoms with van der Waals surface area (Å²) in [6.45, 7) is 4.56. The van der Waals surface area contributed by atoms with Gasteiger partial charge in [0, 0.05) is 9.75 Å². The van der Waals surface area contributed by atoms with Crippen LogP contribution < -0.4 is 0 Å². The molecule has 0 fully saturated rings. The molecule has 0 unspecified atom stereocenters. The predicted octanol–water partition coefficient (Wildman–Crippen LogP) is 14.3. The van der Waals surface area contributed by atoms with E-state index in [0.29, 0.717) is 0 Å². The van der Waals surface area contributed by atoms with Gasteiger partial charge >= 0.3 is 0 Å². The fourth-order valence-electron chi connectivity index (χ4n) is 5.96. The van der Waals surface area contributed by atoms with Crippen LogP contribution in [0.1, 0.15) is 102 Å². The Hall–Kier alpha value is -2.64. The number of unbranched alkanes of at least 4 members (excludes halogenated alkanes) is 10. The largest absolute Gasteiger partial charge is 0.222 e. The van der Waals surface area contributed by atoms with Crippen molar-refractivity contribution in [1.82, 2.24) is 9.97 Å². The maximum absolute atomic E-state index is 5.02. The summed E-state index contributed by atoms with van der Waals surface area (Å²) in [4.78, 5) is 17.2. The van der Waals surface area contributed by atoms with Crippen LogP contribution >= 0.6 is 45.3 Å². The zero-order valence-electron chi connectivity index (χ0n) is 27.4. The number of hydrogen-bond donors (Lipinski definition) is 0. The molecule has 0 saturated heterocycles. The highest BCUT2D eigenvalue weighted by molar-refractivity contribution is 7.32. The molecule has 2 nitrogen and oxygen atoms in total. The smallest absolute Gasteiger partial charge is 0.155 e. The second-order valence-corrected chi connectivity index (χ2v) is 16.5. The molecule has 0 spiro atoms. The van der Waals surface area contributed by atoms with E-state index in [-0.39, 0.29) is 0 Å². The molecule has 6 aromatic rings. The lowest BCUT2D eigenvalue weighted by Crippen LogP contribution is -1.86. The van der Waals surface area contributed by atoms with Crippen LogP contribution in [0.4, 0.5) is 0 Å². The van der Waals surface area contributed by atoms with Gasteiger partial charge in [0.15, 0.2) is 9.66 Å². The SMILES string of the molecule is CCCCCCCCc1ccc(-c2ccc(-c3nc4sc(-c5ccc(-c6ccc(CCCCCCCC)cc6)s5)nc4s3)s2)cc1. The van der Waals surface area contributed by atoms with Gasteiger partial charge in [-0.3, -0.25) is 0 Å². The maximum Gasteiger partial charge on any atom is 0.155 e. The minimum Gasteiger partial charge on any atom is -0.222 e. The van der Waals surface area contributed by atoms with Gasteiger partial charge in [-0.2, -0.15) is 0 Å². The summed E-state index contributed by atoms with van der Waals surface area (Å²) in [5.74, 6) is 0. The molecular formula is C40H46N2S4. The molecule has 2 aromatic carbocycles. The Morgan fingerprint density at radius 3 is 1.17 bits per heavy atom. The monoisotopic (exact) mass is 682 g/mol. The Morgan fingerprint density at radius 2 is 0.761 bits per heavy atom. The highest BCUT2D eigenvalue weighted by atomic mass is 32.1. The first-order chi connectivity index (χ1) is 22.7. The summed E-state index contributed by atoms with van der Waals surface area (Å²) in [5.41, 5.74) is 5.49. The molecule has 0 atom stereocenters. The lowest BCUT2D eigenvalue weighted by atomic mass is 10.0. The number of thiophene rings is 2. The van der Waals surface area contributed by atoms with E-state index in [1.54, 1.807) is 22.7 Å². The van der Waals surface area contributed by atoms with Crippen molar-refractivity contribution in [2.45, 2.75) is 104 Å². The van der Waals surface area contributed by atoms with Gasteiger partial charge in [0.1, 0.15) is 10.0 Å². The molecular weight excluding hydrogens is 637 g/mol. The molecule has 0 aliphatic heterocycles. The van der Waals surface area contributed by atoms with Gasteiger partial charge in [-0.05, 0) is 72.2 Å². The van der Waals surface area contributed by atoms with E-state index in [2.05, 4.69) is 86.6 Å². The summed E-state index contributed by atoms with van der Waals surface area (Å²) >= 11 is 7.08. The van der Waals surface area contributed by atoms with E-state index in [9.17, 15) is 0 Å². The molecule has 4 heterocycles. The van der Waals surface area contributed by atoms with E-state index in [1.165, 1.54) is 132 Å². The molecule has 0 N–H and O–H groups in total. The number of hydrogen-bond acceptors (Lipinski definition) is 6. The fraction of sp³-hybridized carbons (Fsp3) is 0.400. The predicted molar refractivity (Wildman–Crippen MR) is 207 cm³/mol. The van der Waals surface area contributed by atoms with Crippen LogP contribution in [-0.4, -0.2) is 9.97 Å². The minimum absolute atomic E-state index is 1.04. The lowest BCUT2D eigenvalue weighted by Gasteiger charge is -2.04. The van der Waals surface area contributed by atoms with Crippen LogP contribution in [0.25, 0.3) is 50.3 Å². The highest BCUT2D eigenvalue weighted by Crippen LogP contribution is 2.43. The van der Waals surface area contributed by atoms with E-state index in [4.69, 9.17) is 9.97 Å². The zero-order valence-corrected chi connectivity index (χ0v) is 30.6. The van der Waals surface area contributed by atoms with Crippen molar-refractivity contribution in [1.29, 1.82) is 0 Å². The number of benzene rings is 2. The van der Waals surface area contributed by atoms with Crippen LogP contribution in [0.15, 0.2) is 72.8 Å². The van der Waals surface area contributed by atoms with Gasteiger partial charge in [0.2, 0.25) is 0 Å². The Labute approximate surface area is 291 Å². The van der Waals surface area contributed by atoms with E-state index < -0.39 is 0 Å². The average molecular weight is 683 g/mol. The third-order valence-corrected chi connectivity index (χ3v) is 13.4. The summed E-state index contributed by atoms with van der Waals surface area (Å²) in [6.07, 6.45) is 18.6. The van der Waals surface area contributed by atoms with Crippen LogP contribution in [0.5, 0.6) is 0 Å². The van der Waals surface area contributed by atoms with Crippen molar-refractivity contribution in [3.63, 3.8) is 0 Å². The minimum atomic E-state index is 1.04. The lowest BCUT2D eigenvalue weighted by molar-refractivity contribution is 0.607. The first-order valence-corrected chi connectivity index (χ1v) is 20.6. The Morgan fingerprint density at radius 1 is 0.391 bits per heavy atom. The third kappa shape index (κ3) is 8.83. The first-order valence-electron chi connectivity index (χ1n) is 17.4. The Balaban J connectivity index is 1.04. The summed E-state index contributed by atoms with van der Waals surface area (Å²) in [7, 11) is 0.